The number of amides is 1. The Morgan fingerprint density at radius 1 is 1.04 bits per heavy atom. The van der Waals surface area contributed by atoms with E-state index >= 15 is 0 Å². The molecule has 2 bridgehead atoms. The first kappa shape index (κ1) is 16.2. The van der Waals surface area contributed by atoms with Gasteiger partial charge >= 0.3 is 0 Å². The average Bonchev–Trinajstić information content (AvgIpc) is 2.94. The first-order valence-electron chi connectivity index (χ1n) is 9.08. The van der Waals surface area contributed by atoms with Gasteiger partial charge in [-0.05, 0) is 48.6 Å². The van der Waals surface area contributed by atoms with Crippen LogP contribution in [0.4, 0.5) is 0 Å². The fourth-order valence-corrected chi connectivity index (χ4v) is 4.12. The summed E-state index contributed by atoms with van der Waals surface area (Å²) in [6, 6.07) is 10.3. The van der Waals surface area contributed by atoms with Gasteiger partial charge < -0.3 is 4.90 Å². The number of fused-ring (bicyclic) bond motifs is 4. The summed E-state index contributed by atoms with van der Waals surface area (Å²) < 4.78 is 0. The monoisotopic (exact) mass is 336 g/mol. The van der Waals surface area contributed by atoms with Crippen molar-refractivity contribution in [3.8, 4) is 0 Å². The Balaban J connectivity index is 1.43. The van der Waals surface area contributed by atoms with Crippen molar-refractivity contribution in [3.63, 3.8) is 0 Å². The topological polar surface area (TPSA) is 49.3 Å². The molecule has 3 aliphatic rings. The van der Waals surface area contributed by atoms with Crippen molar-refractivity contribution in [3.05, 3.63) is 60.2 Å². The fourth-order valence-electron chi connectivity index (χ4n) is 4.12. The lowest BCUT2D eigenvalue weighted by molar-refractivity contribution is -0.134. The molecule has 1 amide bonds. The van der Waals surface area contributed by atoms with Crippen LogP contribution in [0.25, 0.3) is 0 Å². The van der Waals surface area contributed by atoms with E-state index in [0.29, 0.717) is 18.4 Å². The van der Waals surface area contributed by atoms with E-state index in [1.165, 1.54) is 12.0 Å². The molecule has 0 unspecified atom stereocenters. The van der Waals surface area contributed by atoms with Crippen molar-refractivity contribution in [2.45, 2.75) is 31.8 Å². The van der Waals surface area contributed by atoms with Gasteiger partial charge in [0.15, 0.2) is 0 Å². The Hall–Kier alpha value is -2.27. The van der Waals surface area contributed by atoms with Crippen LogP contribution in [0.1, 0.15) is 24.1 Å². The molecule has 2 aromatic heterocycles. The van der Waals surface area contributed by atoms with Crippen molar-refractivity contribution in [2.75, 3.05) is 19.6 Å². The van der Waals surface area contributed by atoms with Crippen LogP contribution >= 0.6 is 0 Å². The molecule has 0 saturated carbocycles. The SMILES string of the molecule is O=C(Cc1ccccn1)N1C[C@H]2CC[C@@H]1CN(Cc1ccncc1)C2. The highest BCUT2D eigenvalue weighted by atomic mass is 16.2. The third-order valence-corrected chi connectivity index (χ3v) is 5.32. The van der Waals surface area contributed by atoms with Gasteiger partial charge in [-0.3, -0.25) is 19.7 Å². The number of carbonyl (C=O) groups excluding carboxylic acids is 1. The molecule has 3 aliphatic heterocycles. The Labute approximate surface area is 148 Å². The number of carbonyl (C=O) groups is 1. The summed E-state index contributed by atoms with van der Waals surface area (Å²) in [4.78, 5) is 25.9. The predicted molar refractivity (Wildman–Crippen MR) is 95.7 cm³/mol. The summed E-state index contributed by atoms with van der Waals surface area (Å²) in [7, 11) is 0. The zero-order chi connectivity index (χ0) is 17.1. The summed E-state index contributed by atoms with van der Waals surface area (Å²) >= 11 is 0. The molecule has 0 N–H and O–H groups in total. The lowest BCUT2D eigenvalue weighted by atomic mass is 9.94. The molecule has 5 heteroatoms. The molecule has 25 heavy (non-hydrogen) atoms. The first-order valence-corrected chi connectivity index (χ1v) is 9.08. The van der Waals surface area contributed by atoms with Gasteiger partial charge in [-0.1, -0.05) is 6.07 Å². The Kier molecular flexibility index (Phi) is 4.74. The standard InChI is InChI=1S/C20H24N4O/c25-20(11-18-3-1-2-8-22-18)24-14-17-4-5-19(24)15-23(13-17)12-16-6-9-21-10-7-16/h1-3,6-10,17,19H,4-5,11-15H2/t17-,19+/m0/s1. The largest absolute Gasteiger partial charge is 0.338 e. The van der Waals surface area contributed by atoms with Crippen LogP contribution in [0.2, 0.25) is 0 Å². The molecule has 2 aromatic rings. The zero-order valence-electron chi connectivity index (χ0n) is 14.4. The van der Waals surface area contributed by atoms with E-state index < -0.39 is 0 Å². The molecule has 3 fully saturated rings. The van der Waals surface area contributed by atoms with E-state index in [9.17, 15) is 4.79 Å². The maximum atomic E-state index is 12.8. The van der Waals surface area contributed by atoms with Crippen molar-refractivity contribution in [1.29, 1.82) is 0 Å². The summed E-state index contributed by atoms with van der Waals surface area (Å²) in [5.41, 5.74) is 2.16. The second kappa shape index (κ2) is 7.31. The third-order valence-electron chi connectivity index (χ3n) is 5.32. The third kappa shape index (κ3) is 3.87. The van der Waals surface area contributed by atoms with Gasteiger partial charge in [-0.25, -0.2) is 0 Å². The van der Waals surface area contributed by atoms with Crippen molar-refractivity contribution in [1.82, 2.24) is 19.8 Å². The summed E-state index contributed by atoms with van der Waals surface area (Å²) in [5.74, 6) is 0.799. The van der Waals surface area contributed by atoms with Crippen molar-refractivity contribution in [2.24, 2.45) is 5.92 Å². The van der Waals surface area contributed by atoms with Crippen LogP contribution < -0.4 is 0 Å². The number of hydrogen-bond donors (Lipinski definition) is 0. The number of aromatic nitrogens is 2. The summed E-state index contributed by atoms with van der Waals surface area (Å²) in [6.07, 6.45) is 8.22. The Bertz CT molecular complexity index is 706. The van der Waals surface area contributed by atoms with Crippen LogP contribution in [0.3, 0.4) is 0 Å². The summed E-state index contributed by atoms with van der Waals surface area (Å²) in [5, 5.41) is 0. The molecule has 5 nitrogen and oxygen atoms in total. The molecule has 5 heterocycles. The van der Waals surface area contributed by atoms with Gasteiger partial charge in [-0.15, -0.1) is 0 Å². The number of pyridine rings is 2. The van der Waals surface area contributed by atoms with Gasteiger partial charge in [0, 0.05) is 56.5 Å². The van der Waals surface area contributed by atoms with Gasteiger partial charge in [0.2, 0.25) is 5.91 Å². The van der Waals surface area contributed by atoms with Gasteiger partial charge in [0.1, 0.15) is 0 Å². The van der Waals surface area contributed by atoms with Crippen LogP contribution in [-0.4, -0.2) is 51.4 Å². The predicted octanol–water partition coefficient (Wildman–Crippen LogP) is 2.14. The lowest BCUT2D eigenvalue weighted by Crippen LogP contribution is -2.48. The van der Waals surface area contributed by atoms with E-state index in [1.807, 2.05) is 30.6 Å². The quantitative estimate of drug-likeness (QED) is 0.858. The van der Waals surface area contributed by atoms with Gasteiger partial charge in [0.05, 0.1) is 6.42 Å². The average molecular weight is 336 g/mol. The van der Waals surface area contributed by atoms with Gasteiger partial charge in [0.25, 0.3) is 0 Å². The molecular weight excluding hydrogens is 312 g/mol. The van der Waals surface area contributed by atoms with Crippen LogP contribution in [-0.2, 0) is 17.8 Å². The molecule has 2 atom stereocenters. The van der Waals surface area contributed by atoms with Gasteiger partial charge in [-0.2, -0.15) is 0 Å². The smallest absolute Gasteiger partial charge is 0.228 e. The van der Waals surface area contributed by atoms with Crippen molar-refractivity contribution < 1.29 is 4.79 Å². The van der Waals surface area contributed by atoms with Crippen LogP contribution in [0, 0.1) is 5.92 Å². The molecule has 0 aromatic carbocycles. The molecule has 5 rings (SSSR count). The fraction of sp³-hybridized carbons (Fsp3) is 0.450. The molecule has 130 valence electrons. The Morgan fingerprint density at radius 3 is 2.72 bits per heavy atom. The van der Waals surface area contributed by atoms with Crippen LogP contribution in [0.15, 0.2) is 48.9 Å². The molecule has 3 saturated heterocycles. The number of hydrogen-bond acceptors (Lipinski definition) is 4. The van der Waals surface area contributed by atoms with E-state index in [1.54, 1.807) is 6.20 Å². The minimum absolute atomic E-state index is 0.221. The minimum Gasteiger partial charge on any atom is -0.338 e. The zero-order valence-corrected chi connectivity index (χ0v) is 14.4. The summed E-state index contributed by atoms with van der Waals surface area (Å²) in [6.45, 7) is 3.87. The van der Waals surface area contributed by atoms with Crippen LogP contribution in [0.5, 0.6) is 0 Å². The number of nitrogens with zero attached hydrogens (tertiary/aromatic N) is 4. The van der Waals surface area contributed by atoms with E-state index in [2.05, 4.69) is 31.9 Å². The minimum atomic E-state index is 0.221. The maximum absolute atomic E-state index is 12.8. The molecule has 0 radical (unpaired) electrons. The highest BCUT2D eigenvalue weighted by molar-refractivity contribution is 5.78. The van der Waals surface area contributed by atoms with Crippen molar-refractivity contribution >= 4 is 5.91 Å². The molecular formula is C20H24N4O. The highest BCUT2D eigenvalue weighted by Gasteiger charge is 2.36. The maximum Gasteiger partial charge on any atom is 0.228 e. The highest BCUT2D eigenvalue weighted by Crippen LogP contribution is 2.29. The number of piperidine rings is 1. The Morgan fingerprint density at radius 2 is 1.92 bits per heavy atom. The second-order valence-corrected chi connectivity index (χ2v) is 7.19. The normalized spacial score (nSPS) is 23.4. The van der Waals surface area contributed by atoms with E-state index in [-0.39, 0.29) is 5.91 Å². The number of rotatable bonds is 4. The van der Waals surface area contributed by atoms with E-state index in [4.69, 9.17) is 0 Å². The van der Waals surface area contributed by atoms with E-state index in [0.717, 1.165) is 38.3 Å². The first-order chi connectivity index (χ1) is 12.3. The second-order valence-electron chi connectivity index (χ2n) is 7.19. The molecule has 0 aliphatic carbocycles. The molecule has 0 spiro atoms. The lowest BCUT2D eigenvalue weighted by Gasteiger charge is -2.36.